The van der Waals surface area contributed by atoms with Crippen LogP contribution in [0.25, 0.3) is 10.8 Å². The Bertz CT molecular complexity index is 2150. The molecule has 2 aliphatic carbocycles. The number of allylic oxidation sites excluding steroid dienone is 1. The third-order valence-corrected chi connectivity index (χ3v) is 14.5. The van der Waals surface area contributed by atoms with Crippen LogP contribution in [0.1, 0.15) is 65.7 Å². The van der Waals surface area contributed by atoms with Crippen LogP contribution in [-0.4, -0.2) is 127 Å². The number of hydrogen-bond donors (Lipinski definition) is 3. The Kier molecular flexibility index (Phi) is 12.3. The number of methoxy groups -OCH3 is 1. The van der Waals surface area contributed by atoms with E-state index in [1.165, 1.54) is 14.0 Å². The number of sulfonamides is 1. The van der Waals surface area contributed by atoms with Gasteiger partial charge in [-0.1, -0.05) is 26.0 Å². The molecule has 4 aliphatic rings. The Labute approximate surface area is 345 Å². The molecule has 4 amide bonds. The van der Waals surface area contributed by atoms with E-state index in [9.17, 15) is 50.3 Å². The van der Waals surface area contributed by atoms with Gasteiger partial charge in [0.2, 0.25) is 27.7 Å². The zero-order chi connectivity index (χ0) is 44.1. The molecule has 3 fully saturated rings. The second kappa shape index (κ2) is 16.5. The highest BCUT2D eigenvalue weighted by Gasteiger charge is 2.64. The van der Waals surface area contributed by atoms with Crippen molar-refractivity contribution in [2.24, 2.45) is 17.8 Å². The minimum atomic E-state index is -5.06. The van der Waals surface area contributed by atoms with Crippen molar-refractivity contribution >= 4 is 50.4 Å². The highest BCUT2D eigenvalue weighted by Crippen LogP contribution is 2.48. The van der Waals surface area contributed by atoms with Crippen LogP contribution in [0.2, 0.25) is 0 Å². The molecule has 6 rings (SSSR count). The summed E-state index contributed by atoms with van der Waals surface area (Å²) in [6.07, 6.45) is -3.94. The zero-order valence-corrected chi connectivity index (χ0v) is 35.1. The molecule has 3 heterocycles. The summed E-state index contributed by atoms with van der Waals surface area (Å²) < 4.78 is 95.5. The monoisotopic (exact) mass is 868 g/mol. The molecule has 1 aromatic carbocycles. The number of nitrogens with one attached hydrogen (secondary N) is 2. The molecule has 8 atom stereocenters. The van der Waals surface area contributed by atoms with Gasteiger partial charge in [0, 0.05) is 31.8 Å². The summed E-state index contributed by atoms with van der Waals surface area (Å²) >= 11 is 0. The van der Waals surface area contributed by atoms with Crippen LogP contribution >= 0.6 is 0 Å². The lowest BCUT2D eigenvalue weighted by Crippen LogP contribution is -2.62. The second-order valence-electron chi connectivity index (χ2n) is 16.9. The quantitative estimate of drug-likeness (QED) is 0.220. The smallest absolute Gasteiger partial charge is 0.408 e. The van der Waals surface area contributed by atoms with Crippen molar-refractivity contribution in [2.45, 2.75) is 106 Å². The van der Waals surface area contributed by atoms with Gasteiger partial charge in [-0.15, -0.1) is 0 Å². The lowest BCUT2D eigenvalue weighted by molar-refractivity contribution is -0.184. The van der Waals surface area contributed by atoms with Gasteiger partial charge >= 0.3 is 12.3 Å². The lowest BCUT2D eigenvalue weighted by atomic mass is 9.86. The van der Waals surface area contributed by atoms with Crippen LogP contribution in [0, 0.1) is 17.8 Å². The average molecular weight is 869 g/mol. The molecular weight excluding hydrogens is 817 g/mol. The Morgan fingerprint density at radius 2 is 1.85 bits per heavy atom. The Hall–Kier alpha value is -4.88. The topological polar surface area (TPSA) is 188 Å². The first kappa shape index (κ1) is 44.7. The number of aromatic nitrogens is 1. The third kappa shape index (κ3) is 8.66. The van der Waals surface area contributed by atoms with Crippen LogP contribution in [0.4, 0.5) is 28.2 Å². The van der Waals surface area contributed by atoms with E-state index in [0.29, 0.717) is 42.1 Å². The predicted octanol–water partition coefficient (Wildman–Crippen LogP) is 4.79. The number of nitrogens with zero attached hydrogens (tertiary/aromatic N) is 4. The normalized spacial score (nSPS) is 28.6. The van der Waals surface area contributed by atoms with E-state index in [0.717, 1.165) is 4.90 Å². The highest BCUT2D eigenvalue weighted by atomic mass is 32.2. The summed E-state index contributed by atoms with van der Waals surface area (Å²) in [5.74, 6) is -3.89. The molecule has 0 bridgehead atoms. The van der Waals surface area contributed by atoms with E-state index in [1.807, 2.05) is 11.6 Å². The molecule has 2 aromatic rings. The molecule has 1 aromatic heterocycles. The molecule has 2 aliphatic heterocycles. The maximum atomic E-state index is 14.9. The van der Waals surface area contributed by atoms with Gasteiger partial charge in [0.25, 0.3) is 5.91 Å². The van der Waals surface area contributed by atoms with E-state index in [-0.39, 0.29) is 48.8 Å². The summed E-state index contributed by atoms with van der Waals surface area (Å²) in [5, 5.41) is 14.2. The number of fused-ring (bicyclic) bond motifs is 3. The number of ether oxygens (including phenoxy) is 2. The minimum absolute atomic E-state index is 0.00255. The van der Waals surface area contributed by atoms with Gasteiger partial charge in [0.05, 0.1) is 13.7 Å². The van der Waals surface area contributed by atoms with Crippen molar-refractivity contribution in [1.29, 1.82) is 0 Å². The van der Waals surface area contributed by atoms with E-state index in [2.05, 4.69) is 10.3 Å². The highest BCUT2D eigenvalue weighted by molar-refractivity contribution is 7.91. The van der Waals surface area contributed by atoms with Gasteiger partial charge < -0.3 is 29.7 Å². The number of halogens is 4. The summed E-state index contributed by atoms with van der Waals surface area (Å²) in [5.41, 5.74) is -1.84. The Morgan fingerprint density at radius 3 is 2.45 bits per heavy atom. The fourth-order valence-corrected chi connectivity index (χ4v) is 9.83. The lowest BCUT2D eigenvalue weighted by Gasteiger charge is -2.40. The molecule has 1 saturated heterocycles. The van der Waals surface area contributed by atoms with E-state index in [4.69, 9.17) is 9.47 Å². The van der Waals surface area contributed by atoms with Gasteiger partial charge in [-0.05, 0) is 86.9 Å². The number of carbonyl (C=O) groups excluding carboxylic acids is 3. The van der Waals surface area contributed by atoms with Crippen molar-refractivity contribution in [3.8, 4) is 11.6 Å². The number of benzene rings is 1. The molecular formula is C40H52F4N6O9S. The molecule has 0 radical (unpaired) electrons. The number of alkyl halides is 4. The summed E-state index contributed by atoms with van der Waals surface area (Å²) in [6, 6.07) is 0.871. The largest absolute Gasteiger partial charge is 0.497 e. The number of rotatable bonds is 10. The number of amides is 4. The van der Waals surface area contributed by atoms with Crippen LogP contribution in [0.5, 0.6) is 11.6 Å². The number of carbonyl (C=O) groups is 4. The number of hydrogen-bond acceptors (Lipinski definition) is 10. The first-order valence-corrected chi connectivity index (χ1v) is 21.4. The SMILES string of the molecule is COc1ccc2c(O[C@@H]3C[C@H]4C(=O)N[C@]5(C(=O)NS(=O)(=O)C6(CF)CC6)C[C@H]5C=CCC[C@@H](C)C[C@@H](C)[C@H](N(C(=O)O)[C@H](C)C(F)(F)F)C(=O)N4C3)nc(N(C)C)cc2c1. The average Bonchev–Trinajstić information content (AvgIpc) is 4.08. The molecule has 3 N–H and O–H groups in total. The van der Waals surface area contributed by atoms with E-state index in [1.54, 1.807) is 55.4 Å². The minimum Gasteiger partial charge on any atom is -0.497 e. The van der Waals surface area contributed by atoms with E-state index < -0.39 is 99.6 Å². The Balaban J connectivity index is 1.43. The fraction of sp³-hybridized carbons (Fsp3) is 0.625. The molecule has 0 unspecified atom stereocenters. The predicted molar refractivity (Wildman–Crippen MR) is 212 cm³/mol. The zero-order valence-electron chi connectivity index (χ0n) is 34.3. The summed E-state index contributed by atoms with van der Waals surface area (Å²) in [6.45, 7) is 2.36. The molecule has 2 saturated carbocycles. The fourth-order valence-electron chi connectivity index (χ4n) is 8.40. The van der Waals surface area contributed by atoms with Crippen LogP contribution in [-0.2, 0) is 24.4 Å². The standard InChI is InChI=1S/C40H52F4N6O9S/c1-22-9-7-8-10-26-19-39(26,36(53)47-60(56,57)38(21-41)13-14-38)46-33(51)30-18-28(59-34-29-12-11-27(58-6)16-25(29)17-31(45-34)48(4)5)20-49(30)35(52)32(23(2)15-22)50(37(54)55)24(3)40(42,43)44/h8,10-12,16-17,22-24,26,28,30,32H,7,9,13-15,18-21H2,1-6H3,(H,46,51)(H,47,53)(H,54,55)/t22-,23-,24-,26-,28-,30+,32+,39-/m1/s1. The number of carboxylic acid groups (broad SMARTS) is 1. The maximum absolute atomic E-state index is 14.9. The van der Waals surface area contributed by atoms with Crippen LogP contribution < -0.4 is 24.4 Å². The molecule has 15 nitrogen and oxygen atoms in total. The van der Waals surface area contributed by atoms with Crippen molar-refractivity contribution < 1.29 is 59.7 Å². The van der Waals surface area contributed by atoms with Gasteiger partial charge in [-0.2, -0.15) is 18.2 Å². The third-order valence-electron chi connectivity index (χ3n) is 12.4. The summed E-state index contributed by atoms with van der Waals surface area (Å²) in [7, 11) is 0.507. The second-order valence-corrected chi connectivity index (χ2v) is 19.0. The molecule has 60 heavy (non-hydrogen) atoms. The van der Waals surface area contributed by atoms with E-state index >= 15 is 0 Å². The van der Waals surface area contributed by atoms with Crippen molar-refractivity contribution in [2.75, 3.05) is 39.3 Å². The molecule has 330 valence electrons. The van der Waals surface area contributed by atoms with Crippen molar-refractivity contribution in [3.63, 3.8) is 0 Å². The van der Waals surface area contributed by atoms with Crippen molar-refractivity contribution in [3.05, 3.63) is 36.4 Å². The van der Waals surface area contributed by atoms with Crippen LogP contribution in [0.3, 0.4) is 0 Å². The Morgan fingerprint density at radius 1 is 1.15 bits per heavy atom. The summed E-state index contributed by atoms with van der Waals surface area (Å²) in [4.78, 5) is 63.7. The molecule has 0 spiro atoms. The van der Waals surface area contributed by atoms with Gasteiger partial charge in [0.15, 0.2) is 0 Å². The number of pyridine rings is 1. The molecule has 20 heteroatoms. The first-order valence-electron chi connectivity index (χ1n) is 19.9. The number of anilines is 1. The van der Waals surface area contributed by atoms with Gasteiger partial charge in [0.1, 0.15) is 52.8 Å². The van der Waals surface area contributed by atoms with Crippen molar-refractivity contribution in [1.82, 2.24) is 24.8 Å². The van der Waals surface area contributed by atoms with Gasteiger partial charge in [-0.3, -0.25) is 24.0 Å². The van der Waals surface area contributed by atoms with Crippen LogP contribution in [0.15, 0.2) is 36.4 Å². The first-order chi connectivity index (χ1) is 28.1. The van der Waals surface area contributed by atoms with Gasteiger partial charge in [-0.25, -0.2) is 17.6 Å². The maximum Gasteiger partial charge on any atom is 0.408 e.